The largest absolute Gasteiger partial charge is 0.323 e. The molecule has 0 aliphatic carbocycles. The molecule has 1 rings (SSSR count). The Balaban J connectivity index is 2.93. The van der Waals surface area contributed by atoms with Crippen LogP contribution in [0.2, 0.25) is 0 Å². The second kappa shape index (κ2) is 6.58. The fourth-order valence-electron chi connectivity index (χ4n) is 1.43. The number of nitrogens with two attached hydrogens (primary N) is 1. The maximum atomic E-state index is 13.1. The molecule has 19 heavy (non-hydrogen) atoms. The van der Waals surface area contributed by atoms with Crippen molar-refractivity contribution in [1.82, 2.24) is 0 Å². The van der Waals surface area contributed by atoms with Crippen LogP contribution in [0, 0.1) is 21.8 Å². The lowest BCUT2D eigenvalue weighted by Gasteiger charge is -2.02. The molecule has 0 spiro atoms. The van der Waals surface area contributed by atoms with Crippen molar-refractivity contribution in [3.63, 3.8) is 0 Å². The van der Waals surface area contributed by atoms with Gasteiger partial charge in [0.15, 0.2) is 0 Å². The van der Waals surface area contributed by atoms with E-state index < -0.39 is 16.4 Å². The quantitative estimate of drug-likeness (QED) is 0.384. The Morgan fingerprint density at radius 3 is 2.79 bits per heavy atom. The summed E-state index contributed by atoms with van der Waals surface area (Å²) in [5.74, 6) is 4.68. The summed E-state index contributed by atoms with van der Waals surface area (Å²) in [6, 6.07) is 3.42. The van der Waals surface area contributed by atoms with Crippen LogP contribution in [0.15, 0.2) is 28.3 Å². The van der Waals surface area contributed by atoms with Crippen molar-refractivity contribution in [2.24, 2.45) is 21.9 Å². The van der Waals surface area contributed by atoms with E-state index >= 15 is 0 Å². The van der Waals surface area contributed by atoms with Gasteiger partial charge in [-0.2, -0.15) is 9.49 Å². The molecule has 0 heterocycles. The number of benzene rings is 1. The second-order valence-electron chi connectivity index (χ2n) is 4.37. The van der Waals surface area contributed by atoms with E-state index in [1.54, 1.807) is 0 Å². The SMILES string of the molecule is CC(C)CC(C=Nc1ccc(F)c([N+](=O)[O-])c1)=NN. The first-order valence-corrected chi connectivity index (χ1v) is 5.68. The Kier molecular flexibility index (Phi) is 5.11. The number of aliphatic imine (C=N–C) groups is 1. The number of halogens is 1. The minimum Gasteiger partial charge on any atom is -0.323 e. The number of rotatable bonds is 5. The normalized spacial score (nSPS) is 12.3. The smallest absolute Gasteiger partial charge is 0.306 e. The third-order valence-corrected chi connectivity index (χ3v) is 2.27. The molecule has 0 aliphatic rings. The zero-order valence-corrected chi connectivity index (χ0v) is 10.7. The van der Waals surface area contributed by atoms with E-state index in [9.17, 15) is 14.5 Å². The molecule has 2 N–H and O–H groups in total. The first-order valence-electron chi connectivity index (χ1n) is 5.68. The summed E-state index contributed by atoms with van der Waals surface area (Å²) < 4.78 is 13.1. The summed E-state index contributed by atoms with van der Waals surface area (Å²) in [7, 11) is 0. The highest BCUT2D eigenvalue weighted by atomic mass is 19.1. The average Bonchev–Trinajstić information content (AvgIpc) is 2.35. The highest BCUT2D eigenvalue weighted by Crippen LogP contribution is 2.23. The van der Waals surface area contributed by atoms with Gasteiger partial charge in [-0.05, 0) is 24.5 Å². The van der Waals surface area contributed by atoms with Crippen LogP contribution in [0.25, 0.3) is 0 Å². The van der Waals surface area contributed by atoms with Crippen LogP contribution in [0.5, 0.6) is 0 Å². The molecule has 0 atom stereocenters. The minimum absolute atomic E-state index is 0.276. The van der Waals surface area contributed by atoms with Crippen molar-refractivity contribution in [2.75, 3.05) is 0 Å². The lowest BCUT2D eigenvalue weighted by molar-refractivity contribution is -0.387. The van der Waals surface area contributed by atoms with Gasteiger partial charge in [0, 0.05) is 6.07 Å². The summed E-state index contributed by atoms with van der Waals surface area (Å²) in [4.78, 5) is 13.8. The number of hydrogen-bond acceptors (Lipinski definition) is 5. The number of nitrogens with zero attached hydrogens (tertiary/aromatic N) is 3. The van der Waals surface area contributed by atoms with Crippen molar-refractivity contribution in [3.05, 3.63) is 34.1 Å². The monoisotopic (exact) mass is 266 g/mol. The fraction of sp³-hybridized carbons (Fsp3) is 0.333. The summed E-state index contributed by atoms with van der Waals surface area (Å²) in [6.45, 7) is 4.00. The van der Waals surface area contributed by atoms with Crippen molar-refractivity contribution in [3.8, 4) is 0 Å². The van der Waals surface area contributed by atoms with Gasteiger partial charge in [-0.1, -0.05) is 13.8 Å². The molecule has 6 nitrogen and oxygen atoms in total. The van der Waals surface area contributed by atoms with Gasteiger partial charge in [0.1, 0.15) is 0 Å². The van der Waals surface area contributed by atoms with Crippen molar-refractivity contribution in [1.29, 1.82) is 0 Å². The molecule has 0 radical (unpaired) electrons. The minimum atomic E-state index is -0.890. The lowest BCUT2D eigenvalue weighted by atomic mass is 10.1. The van der Waals surface area contributed by atoms with Crippen molar-refractivity contribution < 1.29 is 9.31 Å². The summed E-state index contributed by atoms with van der Waals surface area (Å²) in [5.41, 5.74) is 0.240. The molecule has 1 aromatic rings. The van der Waals surface area contributed by atoms with Crippen LogP contribution in [-0.4, -0.2) is 16.8 Å². The number of nitro benzene ring substituents is 1. The molecule has 0 unspecified atom stereocenters. The number of hydrazone groups is 1. The molecule has 0 saturated carbocycles. The van der Waals surface area contributed by atoms with E-state index in [1.165, 1.54) is 12.3 Å². The molecule has 0 aromatic heterocycles. The topological polar surface area (TPSA) is 93.9 Å². The maximum absolute atomic E-state index is 13.1. The van der Waals surface area contributed by atoms with Gasteiger partial charge in [0.25, 0.3) is 0 Å². The molecule has 7 heteroatoms. The van der Waals surface area contributed by atoms with E-state index in [2.05, 4.69) is 10.1 Å². The molecule has 0 amide bonds. The van der Waals surface area contributed by atoms with Crippen LogP contribution in [0.3, 0.4) is 0 Å². The van der Waals surface area contributed by atoms with Crippen LogP contribution < -0.4 is 5.84 Å². The number of hydrogen-bond donors (Lipinski definition) is 1. The van der Waals surface area contributed by atoms with Gasteiger partial charge in [0.05, 0.1) is 22.5 Å². The Morgan fingerprint density at radius 1 is 1.58 bits per heavy atom. The van der Waals surface area contributed by atoms with Gasteiger partial charge in [-0.3, -0.25) is 15.1 Å². The van der Waals surface area contributed by atoms with Crippen LogP contribution in [0.1, 0.15) is 20.3 Å². The third kappa shape index (κ3) is 4.46. The van der Waals surface area contributed by atoms with E-state index in [-0.39, 0.29) is 5.69 Å². The standard InChI is InChI=1S/C12H15FN4O2/c1-8(2)5-10(16-14)7-15-9-3-4-11(13)12(6-9)17(18)19/h3-4,6-8H,5,14H2,1-2H3. The zero-order valence-electron chi connectivity index (χ0n) is 10.7. The van der Waals surface area contributed by atoms with Gasteiger partial charge in [-0.15, -0.1) is 0 Å². The molecule has 0 bridgehead atoms. The van der Waals surface area contributed by atoms with Crippen LogP contribution >= 0.6 is 0 Å². The first kappa shape index (κ1) is 14.7. The van der Waals surface area contributed by atoms with Crippen LogP contribution in [-0.2, 0) is 0 Å². The summed E-state index contributed by atoms with van der Waals surface area (Å²) in [6.07, 6.45) is 2.07. The van der Waals surface area contributed by atoms with E-state index in [0.29, 0.717) is 18.1 Å². The van der Waals surface area contributed by atoms with Gasteiger partial charge in [0.2, 0.25) is 5.82 Å². The maximum Gasteiger partial charge on any atom is 0.306 e. The Morgan fingerprint density at radius 2 is 2.26 bits per heavy atom. The van der Waals surface area contributed by atoms with Crippen molar-refractivity contribution >= 4 is 23.3 Å². The summed E-state index contributed by atoms with van der Waals surface area (Å²) >= 11 is 0. The fourth-order valence-corrected chi connectivity index (χ4v) is 1.43. The lowest BCUT2D eigenvalue weighted by Crippen LogP contribution is -2.07. The van der Waals surface area contributed by atoms with E-state index in [1.807, 2.05) is 13.8 Å². The van der Waals surface area contributed by atoms with Crippen molar-refractivity contribution in [2.45, 2.75) is 20.3 Å². The molecular weight excluding hydrogens is 251 g/mol. The predicted octanol–water partition coefficient (Wildman–Crippen LogP) is 2.80. The highest BCUT2D eigenvalue weighted by molar-refractivity contribution is 6.31. The molecule has 0 aliphatic heterocycles. The second-order valence-corrected chi connectivity index (χ2v) is 4.37. The van der Waals surface area contributed by atoms with Crippen LogP contribution in [0.4, 0.5) is 15.8 Å². The van der Waals surface area contributed by atoms with Gasteiger partial charge < -0.3 is 5.84 Å². The van der Waals surface area contributed by atoms with E-state index in [0.717, 1.165) is 12.1 Å². The Labute approximate surface area is 110 Å². The molecule has 1 aromatic carbocycles. The Bertz CT molecular complexity index is 526. The molecule has 0 saturated heterocycles. The van der Waals surface area contributed by atoms with Gasteiger partial charge >= 0.3 is 5.69 Å². The first-order chi connectivity index (χ1) is 8.93. The number of nitro groups is 1. The molecule has 102 valence electrons. The molecule has 0 fully saturated rings. The average molecular weight is 266 g/mol. The zero-order chi connectivity index (χ0) is 14.4. The Hall–Kier alpha value is -2.31. The third-order valence-electron chi connectivity index (χ3n) is 2.27. The predicted molar refractivity (Wildman–Crippen MR) is 72.3 cm³/mol. The highest BCUT2D eigenvalue weighted by Gasteiger charge is 2.13. The van der Waals surface area contributed by atoms with Gasteiger partial charge in [-0.25, -0.2) is 0 Å². The van der Waals surface area contributed by atoms with E-state index in [4.69, 9.17) is 5.84 Å². The molecular formula is C12H15FN4O2. The summed E-state index contributed by atoms with van der Waals surface area (Å²) in [5, 5.41) is 14.2.